The molecule has 0 heterocycles. The van der Waals surface area contributed by atoms with Gasteiger partial charge >= 0.3 is 0 Å². The second-order valence-electron chi connectivity index (χ2n) is 9.61. The van der Waals surface area contributed by atoms with Crippen LogP contribution in [0.1, 0.15) is 82.3 Å². The van der Waals surface area contributed by atoms with Crippen LogP contribution < -0.4 is 14.2 Å². The summed E-state index contributed by atoms with van der Waals surface area (Å²) in [6.07, 6.45) is 13.3. The van der Waals surface area contributed by atoms with Crippen molar-refractivity contribution in [3.63, 3.8) is 0 Å². The number of benzene rings is 3. The maximum atomic E-state index is 9.41. The Hall–Kier alpha value is -2.18. The summed E-state index contributed by atoms with van der Waals surface area (Å²) in [6, 6.07) is 18.6. The van der Waals surface area contributed by atoms with E-state index in [1.165, 1.54) is 57.8 Å². The van der Waals surface area contributed by atoms with Crippen LogP contribution in [0.4, 0.5) is 0 Å². The van der Waals surface area contributed by atoms with E-state index in [1.807, 2.05) is 36.4 Å². The minimum absolute atomic E-state index is 0.220. The van der Waals surface area contributed by atoms with E-state index in [2.05, 4.69) is 38.8 Å². The van der Waals surface area contributed by atoms with Crippen molar-refractivity contribution in [3.05, 3.63) is 80.7 Å². The highest BCUT2D eigenvalue weighted by Crippen LogP contribution is 2.29. The molecular weight excluding hydrogens is 608 g/mol. The quantitative estimate of drug-likeness (QED) is 0.140. The molecule has 0 aliphatic carbocycles. The van der Waals surface area contributed by atoms with E-state index in [-0.39, 0.29) is 5.75 Å². The van der Waals surface area contributed by atoms with Crippen molar-refractivity contribution in [3.8, 4) is 23.0 Å². The Labute approximate surface area is 245 Å². The molecule has 1 N–H and O–H groups in total. The molecule has 0 aromatic heterocycles. The van der Waals surface area contributed by atoms with Gasteiger partial charge in [0.05, 0.1) is 6.61 Å². The predicted octanol–water partition coefficient (Wildman–Crippen LogP) is 10.4. The Morgan fingerprint density at radius 2 is 0.947 bits per heavy atom. The number of aromatic hydroxyl groups is 1. The van der Waals surface area contributed by atoms with Gasteiger partial charge in [0.2, 0.25) is 0 Å². The minimum Gasteiger partial charge on any atom is -0.508 e. The summed E-state index contributed by atoms with van der Waals surface area (Å²) in [5.74, 6) is 2.61. The molecule has 0 amide bonds. The summed E-state index contributed by atoms with van der Waals surface area (Å²) >= 11 is 7.31. The molecule has 0 saturated heterocycles. The van der Waals surface area contributed by atoms with Crippen molar-refractivity contribution in [1.82, 2.24) is 0 Å². The van der Waals surface area contributed by atoms with Crippen LogP contribution in [0.5, 0.6) is 23.0 Å². The molecule has 6 heteroatoms. The largest absolute Gasteiger partial charge is 0.508 e. The number of unbranched alkanes of at least 4 members (excludes halogenated alkanes) is 9. The highest BCUT2D eigenvalue weighted by molar-refractivity contribution is 9.11. The fraction of sp³-hybridized carbons (Fsp3) is 0.438. The molecule has 3 rings (SSSR count). The van der Waals surface area contributed by atoms with Gasteiger partial charge in [-0.15, -0.1) is 0 Å². The van der Waals surface area contributed by atoms with E-state index >= 15 is 0 Å². The molecule has 206 valence electrons. The Balaban J connectivity index is 1.33. The van der Waals surface area contributed by atoms with Gasteiger partial charge in [0.25, 0.3) is 0 Å². The lowest BCUT2D eigenvalue weighted by Gasteiger charge is -2.13. The van der Waals surface area contributed by atoms with Gasteiger partial charge < -0.3 is 19.3 Å². The first-order valence-corrected chi connectivity index (χ1v) is 15.4. The summed E-state index contributed by atoms with van der Waals surface area (Å²) in [4.78, 5) is 0. The SMILES string of the molecule is CCCCCCCCCCCCOc1ccc(OCc2cc(Br)c(COc3ccc(O)cc3)cc2Br)cc1. The van der Waals surface area contributed by atoms with Gasteiger partial charge in [0.15, 0.2) is 0 Å². The minimum atomic E-state index is 0.220. The third-order valence-electron chi connectivity index (χ3n) is 6.43. The first kappa shape index (κ1) is 30.4. The zero-order valence-corrected chi connectivity index (χ0v) is 25.6. The average molecular weight is 648 g/mol. The van der Waals surface area contributed by atoms with Crippen molar-refractivity contribution in [2.24, 2.45) is 0 Å². The van der Waals surface area contributed by atoms with Gasteiger partial charge in [-0.1, -0.05) is 96.6 Å². The zero-order chi connectivity index (χ0) is 27.0. The number of phenols is 1. The Bertz CT molecular complexity index is 1070. The number of hydrogen-bond acceptors (Lipinski definition) is 4. The second kappa shape index (κ2) is 17.4. The number of rotatable bonds is 18. The summed E-state index contributed by atoms with van der Waals surface area (Å²) in [6.45, 7) is 3.88. The van der Waals surface area contributed by atoms with E-state index in [9.17, 15) is 5.11 Å². The maximum absolute atomic E-state index is 9.41. The lowest BCUT2D eigenvalue weighted by molar-refractivity contribution is 0.295. The summed E-state index contributed by atoms with van der Waals surface area (Å²) in [5, 5.41) is 9.41. The molecule has 0 fully saturated rings. The monoisotopic (exact) mass is 646 g/mol. The van der Waals surface area contributed by atoms with Crippen LogP contribution in [0.2, 0.25) is 0 Å². The van der Waals surface area contributed by atoms with E-state index < -0.39 is 0 Å². The topological polar surface area (TPSA) is 47.9 Å². The molecule has 3 aromatic carbocycles. The summed E-state index contributed by atoms with van der Waals surface area (Å²) in [7, 11) is 0. The van der Waals surface area contributed by atoms with Crippen LogP contribution in [0.25, 0.3) is 0 Å². The second-order valence-corrected chi connectivity index (χ2v) is 11.3. The van der Waals surface area contributed by atoms with Crippen LogP contribution in [-0.4, -0.2) is 11.7 Å². The molecule has 0 aliphatic rings. The highest BCUT2D eigenvalue weighted by Gasteiger charge is 2.09. The third-order valence-corrected chi connectivity index (χ3v) is 7.91. The first-order chi connectivity index (χ1) is 18.5. The van der Waals surface area contributed by atoms with Crippen molar-refractivity contribution in [1.29, 1.82) is 0 Å². The van der Waals surface area contributed by atoms with E-state index in [0.717, 1.165) is 44.6 Å². The first-order valence-electron chi connectivity index (χ1n) is 13.8. The molecule has 0 aliphatic heterocycles. The zero-order valence-electron chi connectivity index (χ0n) is 22.4. The van der Waals surface area contributed by atoms with Crippen LogP contribution in [0.15, 0.2) is 69.6 Å². The van der Waals surface area contributed by atoms with Crippen molar-refractivity contribution < 1.29 is 19.3 Å². The Kier molecular flexibility index (Phi) is 13.9. The van der Waals surface area contributed by atoms with Crippen LogP contribution >= 0.6 is 31.9 Å². The molecule has 0 atom stereocenters. The van der Waals surface area contributed by atoms with Gasteiger partial charge in [-0.05, 0) is 67.1 Å². The van der Waals surface area contributed by atoms with E-state index in [1.54, 1.807) is 24.3 Å². The molecule has 0 radical (unpaired) electrons. The predicted molar refractivity (Wildman–Crippen MR) is 162 cm³/mol. The van der Waals surface area contributed by atoms with E-state index in [0.29, 0.717) is 19.0 Å². The normalized spacial score (nSPS) is 10.9. The van der Waals surface area contributed by atoms with Crippen LogP contribution in [-0.2, 0) is 13.2 Å². The summed E-state index contributed by atoms with van der Waals surface area (Å²) < 4.78 is 19.7. The standard InChI is InChI=1S/C32H40Br2O4/c1-2-3-4-5-6-7-8-9-10-11-20-36-28-16-18-30(19-17-28)38-24-26-22-31(33)25(21-32(26)34)23-37-29-14-12-27(35)13-15-29/h12-19,21-22,35H,2-11,20,23-24H2,1H3. The fourth-order valence-corrected chi connectivity index (χ4v) is 5.14. The molecule has 3 aromatic rings. The van der Waals surface area contributed by atoms with Gasteiger partial charge in [-0.3, -0.25) is 0 Å². The Morgan fingerprint density at radius 1 is 0.553 bits per heavy atom. The van der Waals surface area contributed by atoms with Gasteiger partial charge in [0, 0.05) is 20.1 Å². The third kappa shape index (κ3) is 11.3. The molecule has 38 heavy (non-hydrogen) atoms. The van der Waals surface area contributed by atoms with Gasteiger partial charge in [-0.25, -0.2) is 0 Å². The maximum Gasteiger partial charge on any atom is 0.120 e. The lowest BCUT2D eigenvalue weighted by atomic mass is 10.1. The fourth-order valence-electron chi connectivity index (χ4n) is 4.13. The molecule has 0 spiro atoms. The molecule has 0 bridgehead atoms. The van der Waals surface area contributed by atoms with Crippen molar-refractivity contribution in [2.45, 2.75) is 84.3 Å². The number of ether oxygens (including phenoxy) is 3. The molecular formula is C32H40Br2O4. The smallest absolute Gasteiger partial charge is 0.120 e. The van der Waals surface area contributed by atoms with Crippen molar-refractivity contribution >= 4 is 31.9 Å². The van der Waals surface area contributed by atoms with Gasteiger partial charge in [-0.2, -0.15) is 0 Å². The molecule has 0 unspecified atom stereocenters. The van der Waals surface area contributed by atoms with Crippen LogP contribution in [0.3, 0.4) is 0 Å². The number of phenolic OH excluding ortho intramolecular Hbond substituents is 1. The van der Waals surface area contributed by atoms with E-state index in [4.69, 9.17) is 14.2 Å². The number of hydrogen-bond donors (Lipinski definition) is 1. The number of halogens is 2. The van der Waals surface area contributed by atoms with Crippen LogP contribution in [0, 0.1) is 0 Å². The molecule has 0 saturated carbocycles. The van der Waals surface area contributed by atoms with Gasteiger partial charge in [0.1, 0.15) is 36.2 Å². The highest BCUT2D eigenvalue weighted by atomic mass is 79.9. The summed E-state index contributed by atoms with van der Waals surface area (Å²) in [5.41, 5.74) is 2.05. The van der Waals surface area contributed by atoms with Crippen molar-refractivity contribution in [2.75, 3.05) is 6.61 Å². The average Bonchev–Trinajstić information content (AvgIpc) is 2.92. The Morgan fingerprint density at radius 3 is 1.42 bits per heavy atom. The lowest BCUT2D eigenvalue weighted by Crippen LogP contribution is -2.01. The molecule has 4 nitrogen and oxygen atoms in total.